The first-order valence-corrected chi connectivity index (χ1v) is 3.75. The average molecular weight is 144 g/mol. The lowest BCUT2D eigenvalue weighted by molar-refractivity contribution is -0.890. The van der Waals surface area contributed by atoms with Crippen molar-refractivity contribution in [3.05, 3.63) is 5.84 Å². The zero-order valence-corrected chi connectivity index (χ0v) is 8.00. The summed E-state index contributed by atoms with van der Waals surface area (Å²) in [6.45, 7) is 10.8. The van der Waals surface area contributed by atoms with Crippen molar-refractivity contribution in [2.75, 3.05) is 7.05 Å². The maximum atomic E-state index is 7.55. The molecular weight excluding hydrogens is 124 g/mol. The first-order valence-electron chi connectivity index (χ1n) is 3.75. The lowest BCUT2D eigenvalue weighted by Crippen LogP contribution is -3.12. The highest BCUT2D eigenvalue weighted by atomic mass is 15.4. The molecule has 2 N–H and O–H groups in total. The number of rotatable bonds is 1. The summed E-state index contributed by atoms with van der Waals surface area (Å²) >= 11 is 0. The molecule has 0 saturated carbocycles. The van der Waals surface area contributed by atoms with Crippen LogP contribution in [0.2, 0.25) is 0 Å². The molecule has 0 aromatic heterocycles. The fraction of sp³-hybridized carbons (Fsp3) is 1.00. The van der Waals surface area contributed by atoms with Crippen LogP contribution in [0.15, 0.2) is 0 Å². The van der Waals surface area contributed by atoms with Crippen LogP contribution in [-0.4, -0.2) is 12.6 Å². The summed E-state index contributed by atoms with van der Waals surface area (Å²) in [5.74, 6) is 7.55. The van der Waals surface area contributed by atoms with Crippen LogP contribution in [0.5, 0.6) is 0 Å². The van der Waals surface area contributed by atoms with Crippen LogP contribution >= 0.6 is 0 Å². The maximum Gasteiger partial charge on any atom is 0.0877 e. The molecule has 2 heteroatoms. The van der Waals surface area contributed by atoms with Crippen LogP contribution < -0.4 is 5.01 Å². The van der Waals surface area contributed by atoms with Crippen molar-refractivity contribution in [1.29, 1.82) is 0 Å². The van der Waals surface area contributed by atoms with E-state index in [1.807, 2.05) is 7.05 Å². The van der Waals surface area contributed by atoms with E-state index in [9.17, 15) is 0 Å². The SMILES string of the molecule is C[NH+]([NH-])C(C)(C)C(C)(C)C. The van der Waals surface area contributed by atoms with E-state index in [0.717, 1.165) is 5.01 Å². The van der Waals surface area contributed by atoms with Crippen LogP contribution in [0.4, 0.5) is 0 Å². The summed E-state index contributed by atoms with van der Waals surface area (Å²) in [6.07, 6.45) is 0. The maximum absolute atomic E-state index is 7.55. The molecule has 1 unspecified atom stereocenters. The van der Waals surface area contributed by atoms with Crippen LogP contribution in [0, 0.1) is 5.41 Å². The highest BCUT2D eigenvalue weighted by Gasteiger charge is 2.36. The topological polar surface area (TPSA) is 28.2 Å². The molecule has 0 spiro atoms. The van der Waals surface area contributed by atoms with Crippen molar-refractivity contribution in [3.8, 4) is 0 Å². The second kappa shape index (κ2) is 2.51. The van der Waals surface area contributed by atoms with E-state index < -0.39 is 0 Å². The van der Waals surface area contributed by atoms with Crippen molar-refractivity contribution in [3.63, 3.8) is 0 Å². The van der Waals surface area contributed by atoms with Gasteiger partial charge in [0.1, 0.15) is 0 Å². The molecule has 0 aliphatic heterocycles. The third kappa shape index (κ3) is 1.70. The molecule has 0 aliphatic carbocycles. The molecule has 0 aromatic carbocycles. The second-order valence-corrected chi connectivity index (χ2v) is 4.50. The molecule has 0 aromatic rings. The zero-order chi connectivity index (χ0) is 8.58. The first-order chi connectivity index (χ1) is 4.19. The standard InChI is InChI=1S/C8H20N2/c1-7(2,3)8(4,5)10(6)9/h9-10H,1-6H3. The van der Waals surface area contributed by atoms with Gasteiger partial charge >= 0.3 is 0 Å². The van der Waals surface area contributed by atoms with Gasteiger partial charge in [0.2, 0.25) is 0 Å². The normalized spacial score (nSPS) is 17.1. The molecule has 0 fully saturated rings. The predicted molar refractivity (Wildman–Crippen MR) is 44.7 cm³/mol. The average Bonchev–Trinajstić information content (AvgIpc) is 1.62. The van der Waals surface area contributed by atoms with Gasteiger partial charge in [-0.25, -0.2) is 0 Å². The van der Waals surface area contributed by atoms with E-state index in [1.165, 1.54) is 0 Å². The summed E-state index contributed by atoms with van der Waals surface area (Å²) < 4.78 is 0. The molecule has 0 amide bonds. The van der Waals surface area contributed by atoms with Gasteiger partial charge in [-0.05, 0) is 13.8 Å². The van der Waals surface area contributed by atoms with Crippen molar-refractivity contribution in [2.24, 2.45) is 5.41 Å². The smallest absolute Gasteiger partial charge is 0.0877 e. The highest BCUT2D eigenvalue weighted by Crippen LogP contribution is 2.26. The second-order valence-electron chi connectivity index (χ2n) is 4.50. The Morgan fingerprint density at radius 3 is 1.30 bits per heavy atom. The summed E-state index contributed by atoms with van der Waals surface area (Å²) in [6, 6.07) is 0. The van der Waals surface area contributed by atoms with Gasteiger partial charge in [-0.3, -0.25) is 0 Å². The molecule has 0 heterocycles. The summed E-state index contributed by atoms with van der Waals surface area (Å²) in [7, 11) is 1.88. The fourth-order valence-electron chi connectivity index (χ4n) is 0.562. The van der Waals surface area contributed by atoms with Gasteiger partial charge < -0.3 is 10.9 Å². The van der Waals surface area contributed by atoms with Gasteiger partial charge in [-0.1, -0.05) is 20.8 Å². The van der Waals surface area contributed by atoms with Gasteiger partial charge in [0.15, 0.2) is 0 Å². The Balaban J connectivity index is 4.40. The van der Waals surface area contributed by atoms with E-state index in [4.69, 9.17) is 5.84 Å². The molecular formula is C8H20N2. The molecule has 10 heavy (non-hydrogen) atoms. The number of quaternary nitrogens is 1. The summed E-state index contributed by atoms with van der Waals surface area (Å²) in [4.78, 5) is 0. The van der Waals surface area contributed by atoms with E-state index >= 15 is 0 Å². The zero-order valence-electron chi connectivity index (χ0n) is 8.00. The lowest BCUT2D eigenvalue weighted by atomic mass is 9.76. The monoisotopic (exact) mass is 144 g/mol. The summed E-state index contributed by atoms with van der Waals surface area (Å²) in [5.41, 5.74) is 0.214. The quantitative estimate of drug-likeness (QED) is 0.537. The fourth-order valence-corrected chi connectivity index (χ4v) is 0.562. The van der Waals surface area contributed by atoms with Crippen molar-refractivity contribution < 1.29 is 5.01 Å². The van der Waals surface area contributed by atoms with Crippen LogP contribution in [-0.2, 0) is 0 Å². The number of nitrogens with one attached hydrogen (secondary N) is 2. The van der Waals surface area contributed by atoms with E-state index in [0.29, 0.717) is 0 Å². The Bertz CT molecular complexity index is 109. The van der Waals surface area contributed by atoms with Gasteiger partial charge in [-0.15, -0.1) is 0 Å². The minimum atomic E-state index is 0.0208. The Morgan fingerprint density at radius 1 is 1.00 bits per heavy atom. The third-order valence-corrected chi connectivity index (χ3v) is 2.81. The molecule has 0 saturated heterocycles. The number of hydrogen-bond acceptors (Lipinski definition) is 0. The Labute approximate surface area is 64.4 Å². The van der Waals surface area contributed by atoms with Gasteiger partial charge in [0.25, 0.3) is 0 Å². The molecule has 2 nitrogen and oxygen atoms in total. The summed E-state index contributed by atoms with van der Waals surface area (Å²) in [5, 5.41) is 0.764. The predicted octanol–water partition coefficient (Wildman–Crippen LogP) is 1.29. The van der Waals surface area contributed by atoms with Crippen molar-refractivity contribution in [2.45, 2.75) is 40.2 Å². The minimum absolute atomic E-state index is 0.0208. The number of hydrogen-bond donors (Lipinski definition) is 1. The van der Waals surface area contributed by atoms with E-state index in [1.54, 1.807) is 0 Å². The third-order valence-electron chi connectivity index (χ3n) is 2.81. The first kappa shape index (κ1) is 9.92. The molecule has 0 aliphatic rings. The van der Waals surface area contributed by atoms with Gasteiger partial charge in [0.05, 0.1) is 12.6 Å². The molecule has 0 rings (SSSR count). The molecule has 0 bridgehead atoms. The molecule has 62 valence electrons. The Kier molecular flexibility index (Phi) is 2.49. The van der Waals surface area contributed by atoms with Crippen LogP contribution in [0.25, 0.3) is 5.84 Å². The molecule has 0 radical (unpaired) electrons. The largest absolute Gasteiger partial charge is 0.469 e. The van der Waals surface area contributed by atoms with Crippen LogP contribution in [0.1, 0.15) is 34.6 Å². The Morgan fingerprint density at radius 2 is 1.30 bits per heavy atom. The van der Waals surface area contributed by atoms with E-state index in [-0.39, 0.29) is 11.0 Å². The minimum Gasteiger partial charge on any atom is -0.469 e. The van der Waals surface area contributed by atoms with Gasteiger partial charge in [-0.2, -0.15) is 0 Å². The van der Waals surface area contributed by atoms with Crippen molar-refractivity contribution in [1.82, 2.24) is 0 Å². The Hall–Kier alpha value is -0.0800. The van der Waals surface area contributed by atoms with Gasteiger partial charge in [0, 0.05) is 5.41 Å². The van der Waals surface area contributed by atoms with Crippen molar-refractivity contribution >= 4 is 0 Å². The van der Waals surface area contributed by atoms with E-state index in [2.05, 4.69) is 34.6 Å². The molecule has 1 atom stereocenters. The lowest BCUT2D eigenvalue weighted by Gasteiger charge is -2.44. The van der Waals surface area contributed by atoms with Crippen LogP contribution in [0.3, 0.4) is 0 Å². The highest BCUT2D eigenvalue weighted by molar-refractivity contribution is 4.81.